The minimum absolute atomic E-state index is 0.0146. The van der Waals surface area contributed by atoms with E-state index in [9.17, 15) is 4.79 Å². The highest BCUT2D eigenvalue weighted by molar-refractivity contribution is 8.01. The van der Waals surface area contributed by atoms with E-state index in [4.69, 9.17) is 4.74 Å². The van der Waals surface area contributed by atoms with Gasteiger partial charge in [-0.1, -0.05) is 0 Å². The second kappa shape index (κ2) is 5.09. The number of nitrogens with zero attached hydrogens (tertiary/aromatic N) is 3. The molecule has 102 valence electrons. The fraction of sp³-hybridized carbons (Fsp3) is 0.615. The Balaban J connectivity index is 1.57. The van der Waals surface area contributed by atoms with Crippen LogP contribution in [0.4, 0.5) is 0 Å². The van der Waals surface area contributed by atoms with Crippen LogP contribution < -0.4 is 0 Å². The normalized spacial score (nSPS) is 24.5. The molecule has 2 aliphatic rings. The van der Waals surface area contributed by atoms with Gasteiger partial charge in [0.05, 0.1) is 17.0 Å². The highest BCUT2D eigenvalue weighted by Gasteiger charge is 2.51. The topological polar surface area (TPSA) is 55.3 Å². The van der Waals surface area contributed by atoms with Gasteiger partial charge in [0.1, 0.15) is 5.69 Å². The Morgan fingerprint density at radius 3 is 3.11 bits per heavy atom. The molecule has 19 heavy (non-hydrogen) atoms. The number of carbonyl (C=O) groups excluding carboxylic acids is 1. The largest absolute Gasteiger partial charge is 0.378 e. The molecule has 0 aromatic carbocycles. The van der Waals surface area contributed by atoms with E-state index in [2.05, 4.69) is 9.97 Å². The highest BCUT2D eigenvalue weighted by atomic mass is 32.2. The average Bonchev–Trinajstić information content (AvgIpc) is 2.82. The summed E-state index contributed by atoms with van der Waals surface area (Å²) in [7, 11) is 0. The van der Waals surface area contributed by atoms with Crippen LogP contribution in [0.2, 0.25) is 0 Å². The molecule has 1 amide bonds. The second-order valence-corrected chi connectivity index (χ2v) is 6.52. The van der Waals surface area contributed by atoms with Crippen LogP contribution in [0.5, 0.6) is 0 Å². The molecule has 0 N–H and O–H groups in total. The number of ether oxygens (including phenoxy) is 1. The molecule has 2 fully saturated rings. The van der Waals surface area contributed by atoms with Gasteiger partial charge in [-0.25, -0.2) is 4.98 Å². The van der Waals surface area contributed by atoms with Crippen LogP contribution in [0.3, 0.4) is 0 Å². The molecular formula is C13H17N3O2S. The van der Waals surface area contributed by atoms with Crippen LogP contribution in [0.1, 0.15) is 23.8 Å². The first-order valence-corrected chi connectivity index (χ1v) is 7.52. The molecule has 0 bridgehead atoms. The summed E-state index contributed by atoms with van der Waals surface area (Å²) < 4.78 is 5.89. The number of thioether (sulfide) groups is 1. The van der Waals surface area contributed by atoms with Gasteiger partial charge in [-0.15, -0.1) is 11.8 Å². The Bertz CT molecular complexity index is 462. The monoisotopic (exact) mass is 279 g/mol. The van der Waals surface area contributed by atoms with Crippen LogP contribution in [-0.2, 0) is 4.74 Å². The minimum atomic E-state index is -0.0146. The van der Waals surface area contributed by atoms with Crippen molar-refractivity contribution in [2.75, 3.05) is 25.4 Å². The lowest BCUT2D eigenvalue weighted by Crippen LogP contribution is -2.60. The van der Waals surface area contributed by atoms with Crippen molar-refractivity contribution in [1.82, 2.24) is 14.9 Å². The summed E-state index contributed by atoms with van der Waals surface area (Å²) in [5.41, 5.74) is 0.432. The van der Waals surface area contributed by atoms with Crippen molar-refractivity contribution in [3.05, 3.63) is 24.3 Å². The Morgan fingerprint density at radius 1 is 1.58 bits per heavy atom. The zero-order chi connectivity index (χ0) is 13.3. The van der Waals surface area contributed by atoms with Gasteiger partial charge in [0.15, 0.2) is 0 Å². The van der Waals surface area contributed by atoms with E-state index in [-0.39, 0.29) is 10.7 Å². The lowest BCUT2D eigenvalue weighted by atomic mass is 9.92. The molecule has 0 radical (unpaired) electrons. The first-order valence-electron chi connectivity index (χ1n) is 6.53. The summed E-state index contributed by atoms with van der Waals surface area (Å²) in [5, 5.41) is 0. The maximum Gasteiger partial charge on any atom is 0.274 e. The predicted octanol–water partition coefficient (Wildman–Crippen LogP) is 1.21. The van der Waals surface area contributed by atoms with Gasteiger partial charge in [0.25, 0.3) is 5.91 Å². The number of aromatic nitrogens is 2. The van der Waals surface area contributed by atoms with Crippen LogP contribution in [-0.4, -0.2) is 57.1 Å². The fourth-order valence-corrected chi connectivity index (χ4v) is 4.28. The molecule has 0 unspecified atom stereocenters. The van der Waals surface area contributed by atoms with E-state index in [1.165, 1.54) is 6.20 Å². The first kappa shape index (κ1) is 12.9. The van der Waals surface area contributed by atoms with Crippen molar-refractivity contribution in [3.63, 3.8) is 0 Å². The van der Waals surface area contributed by atoms with Gasteiger partial charge in [0, 0.05) is 37.8 Å². The molecule has 1 spiro atoms. The van der Waals surface area contributed by atoms with E-state index in [0.29, 0.717) is 11.8 Å². The Hall–Kier alpha value is -1.14. The molecule has 3 rings (SSSR count). The van der Waals surface area contributed by atoms with Crippen molar-refractivity contribution >= 4 is 17.7 Å². The fourth-order valence-electron chi connectivity index (χ4n) is 2.73. The maximum absolute atomic E-state index is 12.2. The van der Waals surface area contributed by atoms with E-state index in [1.807, 2.05) is 23.6 Å². The number of likely N-dealkylation sites (tertiary alicyclic amines) is 1. The summed E-state index contributed by atoms with van der Waals surface area (Å²) in [6, 6.07) is 0. The van der Waals surface area contributed by atoms with E-state index in [0.717, 1.165) is 31.9 Å². The van der Waals surface area contributed by atoms with Crippen LogP contribution >= 0.6 is 11.8 Å². The summed E-state index contributed by atoms with van der Waals surface area (Å²) in [6.45, 7) is 4.40. The molecular weight excluding hydrogens is 262 g/mol. The van der Waals surface area contributed by atoms with E-state index >= 15 is 0 Å². The van der Waals surface area contributed by atoms with E-state index < -0.39 is 0 Å². The number of hydrogen-bond acceptors (Lipinski definition) is 5. The third kappa shape index (κ3) is 2.47. The van der Waals surface area contributed by atoms with Gasteiger partial charge in [0.2, 0.25) is 0 Å². The number of rotatable bonds is 3. The maximum atomic E-state index is 12.2. The van der Waals surface area contributed by atoms with Crippen molar-refractivity contribution < 1.29 is 9.53 Å². The van der Waals surface area contributed by atoms with Gasteiger partial charge in [-0.2, -0.15) is 0 Å². The summed E-state index contributed by atoms with van der Waals surface area (Å²) in [4.78, 5) is 22.0. The molecule has 3 heterocycles. The van der Waals surface area contributed by atoms with Crippen molar-refractivity contribution in [1.29, 1.82) is 0 Å². The average molecular weight is 279 g/mol. The standard InChI is InChI=1S/C13H17N3O2S/c1-2-18-10-5-13(19-7-10)8-16(9-13)12(17)11-6-14-3-4-15-11/h3-4,6,10H,2,5,7-9H2,1H3/t10-/m1/s1. The van der Waals surface area contributed by atoms with Crippen LogP contribution in [0.25, 0.3) is 0 Å². The molecule has 1 aromatic heterocycles. The number of carbonyl (C=O) groups is 1. The smallest absolute Gasteiger partial charge is 0.274 e. The molecule has 2 aliphatic heterocycles. The number of amides is 1. The lowest BCUT2D eigenvalue weighted by Gasteiger charge is -2.47. The summed E-state index contributed by atoms with van der Waals surface area (Å²) >= 11 is 1.94. The summed E-state index contributed by atoms with van der Waals surface area (Å²) in [6.07, 6.45) is 6.06. The van der Waals surface area contributed by atoms with Gasteiger partial charge < -0.3 is 9.64 Å². The van der Waals surface area contributed by atoms with Crippen LogP contribution in [0, 0.1) is 0 Å². The van der Waals surface area contributed by atoms with Crippen molar-refractivity contribution in [2.24, 2.45) is 0 Å². The first-order chi connectivity index (χ1) is 9.22. The predicted molar refractivity (Wildman–Crippen MR) is 73.2 cm³/mol. The third-order valence-electron chi connectivity index (χ3n) is 3.61. The quantitative estimate of drug-likeness (QED) is 0.832. The summed E-state index contributed by atoms with van der Waals surface area (Å²) in [5.74, 6) is 1.03. The Morgan fingerprint density at radius 2 is 2.42 bits per heavy atom. The number of hydrogen-bond donors (Lipinski definition) is 0. The molecule has 0 aliphatic carbocycles. The zero-order valence-corrected chi connectivity index (χ0v) is 11.7. The lowest BCUT2D eigenvalue weighted by molar-refractivity contribution is 0.0355. The third-order valence-corrected chi connectivity index (χ3v) is 5.18. The van der Waals surface area contributed by atoms with Crippen molar-refractivity contribution in [2.45, 2.75) is 24.2 Å². The van der Waals surface area contributed by atoms with Crippen molar-refractivity contribution in [3.8, 4) is 0 Å². The van der Waals surface area contributed by atoms with Crippen LogP contribution in [0.15, 0.2) is 18.6 Å². The molecule has 0 saturated carbocycles. The minimum Gasteiger partial charge on any atom is -0.378 e. The molecule has 2 saturated heterocycles. The second-order valence-electron chi connectivity index (χ2n) is 5.03. The molecule has 6 heteroatoms. The van der Waals surface area contributed by atoms with E-state index in [1.54, 1.807) is 12.4 Å². The Kier molecular flexibility index (Phi) is 3.45. The Labute approximate surface area is 116 Å². The van der Waals surface area contributed by atoms with Gasteiger partial charge in [-0.05, 0) is 13.3 Å². The van der Waals surface area contributed by atoms with Gasteiger partial charge >= 0.3 is 0 Å². The molecule has 5 nitrogen and oxygen atoms in total. The van der Waals surface area contributed by atoms with Gasteiger partial charge in [-0.3, -0.25) is 9.78 Å². The highest BCUT2D eigenvalue weighted by Crippen LogP contribution is 2.46. The zero-order valence-electron chi connectivity index (χ0n) is 10.9. The molecule has 1 aromatic rings. The SMILES string of the molecule is CCO[C@H]1CSC2(C1)CN(C(=O)c1cnccn1)C2. The molecule has 1 atom stereocenters.